The molecule has 0 atom stereocenters. The Balaban J connectivity index is 2.00. The molecule has 0 bridgehead atoms. The lowest BCUT2D eigenvalue weighted by atomic mass is 9.76. The first-order chi connectivity index (χ1) is 7.99. The van der Waals surface area contributed by atoms with Crippen LogP contribution in [0.25, 0.3) is 0 Å². The second-order valence-corrected chi connectivity index (χ2v) is 7.57. The fourth-order valence-electron chi connectivity index (χ4n) is 2.29. The van der Waals surface area contributed by atoms with Gasteiger partial charge in [-0.15, -0.1) is 11.3 Å². The molecule has 2 rings (SSSR count). The first-order valence-electron chi connectivity index (χ1n) is 5.99. The van der Waals surface area contributed by atoms with Gasteiger partial charge in [-0.2, -0.15) is 0 Å². The van der Waals surface area contributed by atoms with Gasteiger partial charge < -0.3 is 5.11 Å². The van der Waals surface area contributed by atoms with Crippen molar-refractivity contribution in [1.29, 1.82) is 0 Å². The maximum absolute atomic E-state index is 12.1. The van der Waals surface area contributed by atoms with Crippen molar-refractivity contribution < 1.29 is 9.90 Å². The van der Waals surface area contributed by atoms with Gasteiger partial charge in [-0.25, -0.2) is 0 Å². The van der Waals surface area contributed by atoms with Gasteiger partial charge in [0.25, 0.3) is 0 Å². The van der Waals surface area contributed by atoms with Crippen LogP contribution in [0.4, 0.5) is 0 Å². The minimum Gasteiger partial charge on any atom is -0.382 e. The number of Topliss-reactive ketones (excluding diaryl/α,β-unsaturated/α-hetero) is 1. The third kappa shape index (κ3) is 3.18. The summed E-state index contributed by atoms with van der Waals surface area (Å²) in [5.41, 5.74) is -1.07. The summed E-state index contributed by atoms with van der Waals surface area (Å²) >= 11 is 4.95. The summed E-state index contributed by atoms with van der Waals surface area (Å²) in [7, 11) is 0. The Morgan fingerprint density at radius 3 is 2.71 bits per heavy atom. The Hall–Kier alpha value is -0.190. The van der Waals surface area contributed by atoms with Gasteiger partial charge in [0, 0.05) is 11.3 Å². The fraction of sp³-hybridized carbons (Fsp3) is 0.615. The highest BCUT2D eigenvalue weighted by molar-refractivity contribution is 9.11. The number of thiophene rings is 1. The van der Waals surface area contributed by atoms with E-state index in [0.29, 0.717) is 25.2 Å². The van der Waals surface area contributed by atoms with Crippen molar-refractivity contribution in [3.05, 3.63) is 20.8 Å². The van der Waals surface area contributed by atoms with E-state index in [1.54, 1.807) is 11.3 Å². The molecule has 0 amide bonds. The monoisotopic (exact) mass is 316 g/mol. The summed E-state index contributed by atoms with van der Waals surface area (Å²) in [6.07, 6.45) is 3.52. The second kappa shape index (κ2) is 5.21. The van der Waals surface area contributed by atoms with Crippen LogP contribution in [0.1, 0.15) is 37.5 Å². The molecule has 0 aromatic carbocycles. The zero-order valence-electron chi connectivity index (χ0n) is 9.91. The van der Waals surface area contributed by atoms with Gasteiger partial charge in [0.1, 0.15) is 5.60 Å². The molecule has 0 saturated heterocycles. The number of hydrogen-bond acceptors (Lipinski definition) is 3. The SMILES string of the molecule is CC1CCC(O)(C(=O)Cc2ccc(Br)s2)CC1. The van der Waals surface area contributed by atoms with Crippen LogP contribution in [0.5, 0.6) is 0 Å². The number of carbonyl (C=O) groups is 1. The molecule has 1 N–H and O–H groups in total. The molecule has 2 nitrogen and oxygen atoms in total. The zero-order chi connectivity index (χ0) is 12.5. The van der Waals surface area contributed by atoms with E-state index in [1.807, 2.05) is 12.1 Å². The Morgan fingerprint density at radius 2 is 2.18 bits per heavy atom. The number of hydrogen-bond donors (Lipinski definition) is 1. The number of halogens is 1. The summed E-state index contributed by atoms with van der Waals surface area (Å²) in [5, 5.41) is 10.4. The van der Waals surface area contributed by atoms with Crippen molar-refractivity contribution in [2.24, 2.45) is 5.92 Å². The zero-order valence-corrected chi connectivity index (χ0v) is 12.3. The van der Waals surface area contributed by atoms with Gasteiger partial charge in [0.2, 0.25) is 0 Å². The predicted octanol–water partition coefficient (Wildman–Crippen LogP) is 3.56. The molecule has 1 saturated carbocycles. The maximum atomic E-state index is 12.1. The van der Waals surface area contributed by atoms with Crippen LogP contribution in [-0.4, -0.2) is 16.5 Å². The van der Waals surface area contributed by atoms with E-state index in [4.69, 9.17) is 0 Å². The number of ketones is 1. The van der Waals surface area contributed by atoms with Crippen LogP contribution in [0.3, 0.4) is 0 Å². The van der Waals surface area contributed by atoms with Crippen molar-refractivity contribution in [2.75, 3.05) is 0 Å². The van der Waals surface area contributed by atoms with Gasteiger partial charge >= 0.3 is 0 Å². The van der Waals surface area contributed by atoms with E-state index >= 15 is 0 Å². The summed E-state index contributed by atoms with van der Waals surface area (Å²) in [6, 6.07) is 3.89. The highest BCUT2D eigenvalue weighted by Crippen LogP contribution is 2.34. The number of rotatable bonds is 3. The van der Waals surface area contributed by atoms with Gasteiger partial charge in [-0.3, -0.25) is 4.79 Å². The Labute approximate surface area is 114 Å². The van der Waals surface area contributed by atoms with Gasteiger partial charge in [0.05, 0.1) is 3.79 Å². The summed E-state index contributed by atoms with van der Waals surface area (Å²) in [4.78, 5) is 13.2. The molecule has 1 aliphatic carbocycles. The molecule has 17 heavy (non-hydrogen) atoms. The first kappa shape index (κ1) is 13.2. The lowest BCUT2D eigenvalue weighted by Crippen LogP contribution is -2.42. The molecular formula is C13H17BrO2S. The van der Waals surface area contributed by atoms with Crippen LogP contribution in [-0.2, 0) is 11.2 Å². The molecule has 0 radical (unpaired) electrons. The molecule has 4 heteroatoms. The largest absolute Gasteiger partial charge is 0.382 e. The summed E-state index contributed by atoms with van der Waals surface area (Å²) in [6.45, 7) is 2.18. The normalized spacial score (nSPS) is 29.2. The van der Waals surface area contributed by atoms with Gasteiger partial charge in [-0.1, -0.05) is 6.92 Å². The summed E-state index contributed by atoms with van der Waals surface area (Å²) in [5.74, 6) is 0.623. The quantitative estimate of drug-likeness (QED) is 0.925. The van der Waals surface area contributed by atoms with Crippen LogP contribution >= 0.6 is 27.3 Å². The molecule has 0 spiro atoms. The molecule has 1 fully saturated rings. The highest BCUT2D eigenvalue weighted by atomic mass is 79.9. The molecule has 1 aromatic rings. The molecule has 1 heterocycles. The van der Waals surface area contributed by atoms with Gasteiger partial charge in [-0.05, 0) is 59.7 Å². The van der Waals surface area contributed by atoms with E-state index in [-0.39, 0.29) is 5.78 Å². The minimum absolute atomic E-state index is 0.0150. The molecular weight excluding hydrogens is 300 g/mol. The first-order valence-corrected chi connectivity index (χ1v) is 7.60. The molecule has 0 unspecified atom stereocenters. The second-order valence-electron chi connectivity index (χ2n) is 5.02. The van der Waals surface area contributed by atoms with E-state index in [2.05, 4.69) is 22.9 Å². The number of aliphatic hydroxyl groups is 1. The van der Waals surface area contributed by atoms with Crippen molar-refractivity contribution in [3.63, 3.8) is 0 Å². The van der Waals surface area contributed by atoms with E-state index < -0.39 is 5.60 Å². The topological polar surface area (TPSA) is 37.3 Å². The van der Waals surface area contributed by atoms with Crippen LogP contribution in [0.2, 0.25) is 0 Å². The van der Waals surface area contributed by atoms with Crippen molar-refractivity contribution in [1.82, 2.24) is 0 Å². The molecule has 1 aromatic heterocycles. The molecule has 94 valence electrons. The van der Waals surface area contributed by atoms with E-state index in [0.717, 1.165) is 21.5 Å². The fourth-order valence-corrected chi connectivity index (χ4v) is 3.77. The van der Waals surface area contributed by atoms with Crippen LogP contribution in [0.15, 0.2) is 15.9 Å². The number of carbonyl (C=O) groups excluding carboxylic acids is 1. The Kier molecular flexibility index (Phi) is 4.06. The lowest BCUT2D eigenvalue weighted by molar-refractivity contribution is -0.140. The smallest absolute Gasteiger partial charge is 0.169 e. The van der Waals surface area contributed by atoms with E-state index in [9.17, 15) is 9.90 Å². The van der Waals surface area contributed by atoms with Crippen LogP contribution in [0, 0.1) is 5.92 Å². The lowest BCUT2D eigenvalue weighted by Gasteiger charge is -2.33. The Morgan fingerprint density at radius 1 is 1.53 bits per heavy atom. The third-order valence-corrected chi connectivity index (χ3v) is 5.21. The van der Waals surface area contributed by atoms with Crippen LogP contribution < -0.4 is 0 Å². The third-order valence-electron chi connectivity index (χ3n) is 3.58. The molecule has 0 aliphatic heterocycles. The van der Waals surface area contributed by atoms with Crippen molar-refractivity contribution in [3.8, 4) is 0 Å². The van der Waals surface area contributed by atoms with Crippen molar-refractivity contribution >= 4 is 33.0 Å². The maximum Gasteiger partial charge on any atom is 0.169 e. The molecule has 1 aliphatic rings. The standard InChI is InChI=1S/C13H17BrO2S/c1-9-4-6-13(16,7-5-9)11(15)8-10-2-3-12(14)17-10/h2-3,9,16H,4-8H2,1H3. The van der Waals surface area contributed by atoms with E-state index in [1.165, 1.54) is 0 Å². The predicted molar refractivity (Wildman–Crippen MR) is 73.3 cm³/mol. The average molecular weight is 317 g/mol. The Bertz CT molecular complexity index is 405. The highest BCUT2D eigenvalue weighted by Gasteiger charge is 2.38. The average Bonchev–Trinajstić information content (AvgIpc) is 2.68. The minimum atomic E-state index is -1.07. The van der Waals surface area contributed by atoms with Crippen molar-refractivity contribution in [2.45, 2.75) is 44.6 Å². The summed E-state index contributed by atoms with van der Waals surface area (Å²) < 4.78 is 1.03. The van der Waals surface area contributed by atoms with Gasteiger partial charge in [0.15, 0.2) is 5.78 Å².